The van der Waals surface area contributed by atoms with E-state index in [4.69, 9.17) is 0 Å². The number of carbonyl (C=O) groups excluding carboxylic acids is 1. The zero-order valence-corrected chi connectivity index (χ0v) is 11.4. The highest BCUT2D eigenvalue weighted by Gasteiger charge is 2.26. The number of aromatic nitrogens is 4. The fraction of sp³-hybridized carbons (Fsp3) is 0.429. The van der Waals surface area contributed by atoms with Gasteiger partial charge < -0.3 is 4.90 Å². The van der Waals surface area contributed by atoms with Crippen LogP contribution >= 0.6 is 0 Å². The zero-order chi connectivity index (χ0) is 13.9. The number of pyridine rings is 1. The van der Waals surface area contributed by atoms with Crippen LogP contribution in [-0.4, -0.2) is 43.6 Å². The van der Waals surface area contributed by atoms with Gasteiger partial charge in [0.2, 0.25) is 0 Å². The topological polar surface area (TPSA) is 63.9 Å². The molecule has 2 aromatic heterocycles. The fourth-order valence-electron chi connectivity index (χ4n) is 2.62. The minimum absolute atomic E-state index is 0.0472. The van der Waals surface area contributed by atoms with Crippen LogP contribution < -0.4 is 0 Å². The number of hydrogen-bond donors (Lipinski definition) is 0. The molecule has 1 fully saturated rings. The number of aryl methyl sites for hydroxylation is 1. The number of piperidine rings is 1. The maximum absolute atomic E-state index is 12.5. The highest BCUT2D eigenvalue weighted by Crippen LogP contribution is 2.21. The Labute approximate surface area is 117 Å². The van der Waals surface area contributed by atoms with E-state index in [1.54, 1.807) is 18.7 Å². The summed E-state index contributed by atoms with van der Waals surface area (Å²) >= 11 is 0. The highest BCUT2D eigenvalue weighted by molar-refractivity contribution is 5.94. The van der Waals surface area contributed by atoms with Gasteiger partial charge in [-0.1, -0.05) is 0 Å². The van der Waals surface area contributed by atoms with Crippen LogP contribution in [0.3, 0.4) is 0 Å². The van der Waals surface area contributed by atoms with Gasteiger partial charge in [0.05, 0.1) is 11.6 Å². The van der Waals surface area contributed by atoms with Gasteiger partial charge in [-0.25, -0.2) is 9.67 Å². The molecular formula is C14H17N5O. The van der Waals surface area contributed by atoms with Crippen molar-refractivity contribution in [3.63, 3.8) is 0 Å². The molecule has 6 nitrogen and oxygen atoms in total. The minimum Gasteiger partial charge on any atom is -0.336 e. The third-order valence-corrected chi connectivity index (χ3v) is 3.62. The van der Waals surface area contributed by atoms with E-state index < -0.39 is 0 Å². The van der Waals surface area contributed by atoms with Crippen LogP contribution in [-0.2, 0) is 0 Å². The molecule has 0 saturated carbocycles. The summed E-state index contributed by atoms with van der Waals surface area (Å²) in [7, 11) is 0. The predicted molar refractivity (Wildman–Crippen MR) is 73.2 cm³/mol. The molecule has 0 radical (unpaired) electrons. The number of hydrogen-bond acceptors (Lipinski definition) is 4. The van der Waals surface area contributed by atoms with Gasteiger partial charge in [-0.15, -0.1) is 0 Å². The standard InChI is InChI=1S/C14H17N5O/c1-11-5-12(7-15-6-11)14(20)18-4-2-3-13(8-18)19-10-16-9-17-19/h5-7,9-10,13H,2-4,8H2,1H3/t13-/m0/s1. The maximum Gasteiger partial charge on any atom is 0.255 e. The first-order valence-corrected chi connectivity index (χ1v) is 6.79. The Hall–Kier alpha value is -2.24. The molecule has 0 bridgehead atoms. The van der Waals surface area contributed by atoms with Crippen LogP contribution in [0, 0.1) is 6.92 Å². The van der Waals surface area contributed by atoms with Crippen molar-refractivity contribution in [2.75, 3.05) is 13.1 Å². The largest absolute Gasteiger partial charge is 0.336 e. The lowest BCUT2D eigenvalue weighted by atomic mass is 10.0. The lowest BCUT2D eigenvalue weighted by Gasteiger charge is -2.32. The van der Waals surface area contributed by atoms with Gasteiger partial charge in [0.1, 0.15) is 12.7 Å². The molecule has 2 aromatic rings. The SMILES string of the molecule is Cc1cncc(C(=O)N2CCC[C@H](n3cncn3)C2)c1. The monoisotopic (exact) mass is 271 g/mol. The van der Waals surface area contributed by atoms with Crippen LogP contribution in [0.5, 0.6) is 0 Å². The van der Waals surface area contributed by atoms with E-state index in [1.165, 1.54) is 6.33 Å². The van der Waals surface area contributed by atoms with Crippen molar-refractivity contribution >= 4 is 5.91 Å². The fourth-order valence-corrected chi connectivity index (χ4v) is 2.62. The Morgan fingerprint density at radius 1 is 1.35 bits per heavy atom. The van der Waals surface area contributed by atoms with E-state index in [1.807, 2.05) is 22.6 Å². The van der Waals surface area contributed by atoms with Gasteiger partial charge in [-0.2, -0.15) is 5.10 Å². The molecule has 1 amide bonds. The van der Waals surface area contributed by atoms with Gasteiger partial charge in [0.25, 0.3) is 5.91 Å². The summed E-state index contributed by atoms with van der Waals surface area (Å²) in [5.41, 5.74) is 1.66. The number of nitrogens with zero attached hydrogens (tertiary/aromatic N) is 5. The molecule has 1 aliphatic rings. The van der Waals surface area contributed by atoms with E-state index in [0.29, 0.717) is 12.1 Å². The van der Waals surface area contributed by atoms with Crippen molar-refractivity contribution in [3.8, 4) is 0 Å². The molecule has 0 N–H and O–H groups in total. The van der Waals surface area contributed by atoms with Gasteiger partial charge >= 0.3 is 0 Å². The van der Waals surface area contributed by atoms with E-state index >= 15 is 0 Å². The Kier molecular flexibility index (Phi) is 3.45. The van der Waals surface area contributed by atoms with Crippen LogP contribution in [0.15, 0.2) is 31.1 Å². The van der Waals surface area contributed by atoms with Gasteiger partial charge in [-0.05, 0) is 31.4 Å². The average Bonchev–Trinajstić information content (AvgIpc) is 3.01. The lowest BCUT2D eigenvalue weighted by molar-refractivity contribution is 0.0672. The predicted octanol–water partition coefficient (Wildman–Crippen LogP) is 1.46. The van der Waals surface area contributed by atoms with Crippen molar-refractivity contribution < 1.29 is 4.79 Å². The average molecular weight is 271 g/mol. The molecule has 1 aliphatic heterocycles. The van der Waals surface area contributed by atoms with Crippen molar-refractivity contribution in [3.05, 3.63) is 42.2 Å². The quantitative estimate of drug-likeness (QED) is 0.829. The number of carbonyl (C=O) groups is 1. The smallest absolute Gasteiger partial charge is 0.255 e. The van der Waals surface area contributed by atoms with Crippen molar-refractivity contribution in [1.82, 2.24) is 24.6 Å². The molecule has 104 valence electrons. The number of amides is 1. The summed E-state index contributed by atoms with van der Waals surface area (Å²) in [6.45, 7) is 3.41. The van der Waals surface area contributed by atoms with E-state index in [0.717, 1.165) is 24.9 Å². The molecule has 0 unspecified atom stereocenters. The number of likely N-dealkylation sites (tertiary alicyclic amines) is 1. The van der Waals surface area contributed by atoms with E-state index in [-0.39, 0.29) is 11.9 Å². The molecule has 3 heterocycles. The first kappa shape index (κ1) is 12.8. The third-order valence-electron chi connectivity index (χ3n) is 3.62. The highest BCUT2D eigenvalue weighted by atomic mass is 16.2. The summed E-state index contributed by atoms with van der Waals surface area (Å²) in [4.78, 5) is 22.5. The Morgan fingerprint density at radius 3 is 3.00 bits per heavy atom. The molecule has 0 spiro atoms. The van der Waals surface area contributed by atoms with Crippen molar-refractivity contribution in [2.24, 2.45) is 0 Å². The maximum atomic E-state index is 12.5. The Morgan fingerprint density at radius 2 is 2.25 bits per heavy atom. The second-order valence-corrected chi connectivity index (χ2v) is 5.17. The molecule has 0 aliphatic carbocycles. The Balaban J connectivity index is 1.75. The summed E-state index contributed by atoms with van der Waals surface area (Å²) < 4.78 is 1.84. The first-order valence-electron chi connectivity index (χ1n) is 6.79. The summed E-state index contributed by atoms with van der Waals surface area (Å²) in [6.07, 6.45) is 8.65. The summed E-state index contributed by atoms with van der Waals surface area (Å²) in [5, 5.41) is 4.18. The molecule has 6 heteroatoms. The molecule has 0 aromatic carbocycles. The van der Waals surface area contributed by atoms with Crippen molar-refractivity contribution in [1.29, 1.82) is 0 Å². The van der Waals surface area contributed by atoms with Crippen LogP contribution in [0.1, 0.15) is 34.8 Å². The normalized spacial score (nSPS) is 19.1. The van der Waals surface area contributed by atoms with E-state index in [2.05, 4.69) is 15.1 Å². The van der Waals surface area contributed by atoms with E-state index in [9.17, 15) is 4.79 Å². The van der Waals surface area contributed by atoms with Gasteiger partial charge in [0.15, 0.2) is 0 Å². The molecule has 20 heavy (non-hydrogen) atoms. The lowest BCUT2D eigenvalue weighted by Crippen LogP contribution is -2.40. The molecule has 1 atom stereocenters. The van der Waals surface area contributed by atoms with Crippen LogP contribution in [0.25, 0.3) is 0 Å². The number of rotatable bonds is 2. The molecular weight excluding hydrogens is 254 g/mol. The second-order valence-electron chi connectivity index (χ2n) is 5.17. The first-order chi connectivity index (χ1) is 9.74. The van der Waals surface area contributed by atoms with Gasteiger partial charge in [-0.3, -0.25) is 9.78 Å². The van der Waals surface area contributed by atoms with Crippen LogP contribution in [0.2, 0.25) is 0 Å². The minimum atomic E-state index is 0.0472. The van der Waals surface area contributed by atoms with Crippen LogP contribution in [0.4, 0.5) is 0 Å². The van der Waals surface area contributed by atoms with Gasteiger partial charge in [0, 0.05) is 25.5 Å². The Bertz CT molecular complexity index is 595. The molecule has 3 rings (SSSR count). The third kappa shape index (κ3) is 2.54. The van der Waals surface area contributed by atoms with Crippen molar-refractivity contribution in [2.45, 2.75) is 25.8 Å². The summed E-state index contributed by atoms with van der Waals surface area (Å²) in [6, 6.07) is 2.10. The molecule has 1 saturated heterocycles. The second kappa shape index (κ2) is 5.40. The summed E-state index contributed by atoms with van der Waals surface area (Å²) in [5.74, 6) is 0.0472. The zero-order valence-electron chi connectivity index (χ0n) is 11.4.